The number of fused-ring (bicyclic) bond motifs is 2. The van der Waals surface area contributed by atoms with Gasteiger partial charge in [0.1, 0.15) is 18.1 Å². The lowest BCUT2D eigenvalue weighted by atomic mass is 9.94. The molecule has 1 amide bonds. The van der Waals surface area contributed by atoms with E-state index < -0.39 is 23.5 Å². The van der Waals surface area contributed by atoms with Crippen LogP contribution in [-0.4, -0.2) is 44.9 Å². The lowest BCUT2D eigenvalue weighted by Gasteiger charge is -2.35. The number of carbonyl (C=O) groups excluding carboxylic acids is 2. The Morgan fingerprint density at radius 2 is 1.82 bits per heavy atom. The van der Waals surface area contributed by atoms with E-state index in [1.165, 1.54) is 12.0 Å². The van der Waals surface area contributed by atoms with Crippen molar-refractivity contribution < 1.29 is 14.3 Å². The van der Waals surface area contributed by atoms with Gasteiger partial charge in [0.2, 0.25) is 5.91 Å². The molecule has 0 saturated heterocycles. The lowest BCUT2D eigenvalue weighted by molar-refractivity contribution is -0.154. The molecule has 0 radical (unpaired) electrons. The first kappa shape index (κ1) is 17.8. The fraction of sp³-hybridized carbons (Fsp3) is 0.250. The van der Waals surface area contributed by atoms with Gasteiger partial charge in [0.15, 0.2) is 0 Å². The summed E-state index contributed by atoms with van der Waals surface area (Å²) in [6.45, 7) is -0.0309. The lowest BCUT2D eigenvalue weighted by Crippen LogP contribution is -2.50. The zero-order valence-electron chi connectivity index (χ0n) is 15.2. The molecule has 2 heterocycles. The maximum atomic E-state index is 13.0. The SMILES string of the molecule is COC(=O)[C@H]1Cc2ccccc2CN1C(=O)Cn1nnc2ccccc2c1=O. The van der Waals surface area contributed by atoms with Crippen LogP contribution in [0.15, 0.2) is 53.3 Å². The number of rotatable bonds is 3. The Labute approximate surface area is 160 Å². The fourth-order valence-electron chi connectivity index (χ4n) is 3.48. The minimum atomic E-state index is -0.739. The van der Waals surface area contributed by atoms with Crippen molar-refractivity contribution in [1.82, 2.24) is 19.9 Å². The van der Waals surface area contributed by atoms with Gasteiger partial charge in [-0.3, -0.25) is 9.59 Å². The smallest absolute Gasteiger partial charge is 0.328 e. The second-order valence-electron chi connectivity index (χ2n) is 6.60. The van der Waals surface area contributed by atoms with Crippen molar-refractivity contribution in [2.24, 2.45) is 0 Å². The molecule has 0 spiro atoms. The molecular weight excluding hydrogens is 360 g/mol. The minimum Gasteiger partial charge on any atom is -0.467 e. The van der Waals surface area contributed by atoms with Crippen LogP contribution in [0.2, 0.25) is 0 Å². The average molecular weight is 378 g/mol. The Kier molecular flexibility index (Phi) is 4.60. The van der Waals surface area contributed by atoms with Crippen molar-refractivity contribution >= 4 is 22.8 Å². The summed E-state index contributed by atoms with van der Waals surface area (Å²) in [7, 11) is 1.30. The molecule has 0 saturated carbocycles. The topological polar surface area (TPSA) is 94.4 Å². The van der Waals surface area contributed by atoms with Gasteiger partial charge in [0, 0.05) is 13.0 Å². The molecule has 0 unspecified atom stereocenters. The second-order valence-corrected chi connectivity index (χ2v) is 6.60. The number of carbonyl (C=O) groups is 2. The summed E-state index contributed by atoms with van der Waals surface area (Å²) < 4.78 is 5.91. The van der Waals surface area contributed by atoms with Crippen LogP contribution in [0.5, 0.6) is 0 Å². The van der Waals surface area contributed by atoms with Crippen molar-refractivity contribution in [3.05, 3.63) is 70.0 Å². The number of benzene rings is 2. The van der Waals surface area contributed by atoms with Gasteiger partial charge in [-0.15, -0.1) is 5.10 Å². The van der Waals surface area contributed by atoms with Crippen molar-refractivity contribution in [2.45, 2.75) is 25.6 Å². The fourth-order valence-corrected chi connectivity index (χ4v) is 3.48. The summed E-state index contributed by atoms with van der Waals surface area (Å²) in [4.78, 5) is 39.3. The molecule has 3 aromatic rings. The van der Waals surface area contributed by atoms with Gasteiger partial charge in [-0.2, -0.15) is 0 Å². The van der Waals surface area contributed by atoms with Gasteiger partial charge in [0.25, 0.3) is 5.56 Å². The highest BCUT2D eigenvalue weighted by Gasteiger charge is 2.35. The summed E-state index contributed by atoms with van der Waals surface area (Å²) in [6, 6.07) is 13.7. The predicted octanol–water partition coefficient (Wildman–Crippen LogP) is 0.918. The Balaban J connectivity index is 1.65. The molecule has 0 fully saturated rings. The van der Waals surface area contributed by atoms with Gasteiger partial charge in [0.05, 0.1) is 12.5 Å². The number of hydrogen-bond donors (Lipinski definition) is 0. The number of amides is 1. The molecule has 0 aliphatic carbocycles. The van der Waals surface area contributed by atoms with Gasteiger partial charge < -0.3 is 9.64 Å². The highest BCUT2D eigenvalue weighted by atomic mass is 16.5. The van der Waals surface area contributed by atoms with Crippen LogP contribution in [0.1, 0.15) is 11.1 Å². The van der Waals surface area contributed by atoms with Crippen molar-refractivity contribution in [1.29, 1.82) is 0 Å². The van der Waals surface area contributed by atoms with E-state index in [1.54, 1.807) is 24.3 Å². The van der Waals surface area contributed by atoms with Gasteiger partial charge in [-0.25, -0.2) is 9.48 Å². The number of aromatic nitrogens is 3. The van der Waals surface area contributed by atoms with Crippen molar-refractivity contribution in [2.75, 3.05) is 7.11 Å². The van der Waals surface area contributed by atoms with Crippen LogP contribution in [0.4, 0.5) is 0 Å². The maximum Gasteiger partial charge on any atom is 0.328 e. The van der Waals surface area contributed by atoms with E-state index in [2.05, 4.69) is 10.3 Å². The van der Waals surface area contributed by atoms with Crippen molar-refractivity contribution in [3.63, 3.8) is 0 Å². The summed E-state index contributed by atoms with van der Waals surface area (Å²) in [5.41, 5.74) is 2.04. The summed E-state index contributed by atoms with van der Waals surface area (Å²) in [5, 5.41) is 8.25. The molecule has 4 rings (SSSR count). The second kappa shape index (κ2) is 7.22. The monoisotopic (exact) mass is 378 g/mol. The molecule has 28 heavy (non-hydrogen) atoms. The quantitative estimate of drug-likeness (QED) is 0.629. The zero-order chi connectivity index (χ0) is 19.7. The first-order chi connectivity index (χ1) is 13.6. The molecule has 1 aliphatic rings. The third-order valence-electron chi connectivity index (χ3n) is 4.96. The van der Waals surface area contributed by atoms with Gasteiger partial charge in [-0.1, -0.05) is 41.6 Å². The molecule has 0 N–H and O–H groups in total. The molecule has 1 aliphatic heterocycles. The maximum absolute atomic E-state index is 13.0. The normalized spacial score (nSPS) is 15.9. The standard InChI is InChI=1S/C20H18N4O4/c1-28-20(27)17-10-13-6-2-3-7-14(13)11-23(17)18(25)12-24-19(26)15-8-4-5-9-16(15)21-22-24/h2-9,17H,10-12H2,1H3/t17-/m1/s1. The van der Waals surface area contributed by atoms with E-state index in [9.17, 15) is 14.4 Å². The van der Waals surface area contributed by atoms with Crippen LogP contribution in [0, 0.1) is 0 Å². The van der Waals surface area contributed by atoms with Crippen LogP contribution in [-0.2, 0) is 33.8 Å². The highest BCUT2D eigenvalue weighted by molar-refractivity contribution is 5.85. The van der Waals surface area contributed by atoms with E-state index in [0.717, 1.165) is 15.8 Å². The van der Waals surface area contributed by atoms with Crippen LogP contribution in [0.3, 0.4) is 0 Å². The number of hydrogen-bond acceptors (Lipinski definition) is 6. The first-order valence-corrected chi connectivity index (χ1v) is 8.85. The van der Waals surface area contributed by atoms with E-state index in [4.69, 9.17) is 4.74 Å². The summed E-state index contributed by atoms with van der Waals surface area (Å²) >= 11 is 0. The zero-order valence-corrected chi connectivity index (χ0v) is 15.2. The minimum absolute atomic E-state index is 0.268. The van der Waals surface area contributed by atoms with E-state index in [-0.39, 0.29) is 13.1 Å². The van der Waals surface area contributed by atoms with Crippen molar-refractivity contribution in [3.8, 4) is 0 Å². The summed E-state index contributed by atoms with van der Waals surface area (Å²) in [6.07, 6.45) is 0.368. The van der Waals surface area contributed by atoms with E-state index in [1.807, 2.05) is 24.3 Å². The van der Waals surface area contributed by atoms with Crippen LogP contribution >= 0.6 is 0 Å². The molecular formula is C20H18N4O4. The Morgan fingerprint density at radius 1 is 1.11 bits per heavy atom. The molecule has 1 atom stereocenters. The highest BCUT2D eigenvalue weighted by Crippen LogP contribution is 2.24. The third kappa shape index (κ3) is 3.13. The Morgan fingerprint density at radius 3 is 2.61 bits per heavy atom. The van der Waals surface area contributed by atoms with Crippen LogP contribution in [0.25, 0.3) is 10.9 Å². The number of nitrogens with zero attached hydrogens (tertiary/aromatic N) is 4. The van der Waals surface area contributed by atoms with Gasteiger partial charge >= 0.3 is 5.97 Å². The molecule has 8 heteroatoms. The Hall–Kier alpha value is -3.55. The number of esters is 1. The first-order valence-electron chi connectivity index (χ1n) is 8.85. The molecule has 8 nitrogen and oxygen atoms in total. The Bertz CT molecular complexity index is 1120. The molecule has 142 valence electrons. The van der Waals surface area contributed by atoms with E-state index in [0.29, 0.717) is 17.3 Å². The molecule has 2 aromatic carbocycles. The van der Waals surface area contributed by atoms with Gasteiger partial charge in [-0.05, 0) is 23.3 Å². The average Bonchev–Trinajstić information content (AvgIpc) is 2.74. The number of ether oxygens (including phenoxy) is 1. The summed E-state index contributed by atoms with van der Waals surface area (Å²) in [5.74, 6) is -0.878. The molecule has 1 aromatic heterocycles. The third-order valence-corrected chi connectivity index (χ3v) is 4.96. The number of methoxy groups -OCH3 is 1. The van der Waals surface area contributed by atoms with Crippen LogP contribution < -0.4 is 5.56 Å². The largest absolute Gasteiger partial charge is 0.467 e. The predicted molar refractivity (Wildman–Crippen MR) is 100 cm³/mol. The van der Waals surface area contributed by atoms with E-state index >= 15 is 0 Å². The molecule has 0 bridgehead atoms.